The normalized spacial score (nSPS) is 19.1. The molecule has 0 saturated heterocycles. The van der Waals surface area contributed by atoms with Crippen molar-refractivity contribution in [1.82, 2.24) is 14.2 Å². The monoisotopic (exact) mass is 535 g/mol. The molecule has 2 heterocycles. The largest absolute Gasteiger partial charge is 0.472 e. The van der Waals surface area contributed by atoms with Gasteiger partial charge in [0.1, 0.15) is 11.7 Å². The van der Waals surface area contributed by atoms with E-state index in [0.29, 0.717) is 0 Å². The molecule has 1 aromatic heterocycles. The third kappa shape index (κ3) is 6.12. The summed E-state index contributed by atoms with van der Waals surface area (Å²) in [6.07, 6.45) is 4.84. The lowest BCUT2D eigenvalue weighted by atomic mass is 10.00. The second-order valence-corrected chi connectivity index (χ2v) is 11.6. The summed E-state index contributed by atoms with van der Waals surface area (Å²) in [5.74, 6) is -0.391. The van der Waals surface area contributed by atoms with Gasteiger partial charge in [-0.15, -0.1) is 0 Å². The van der Waals surface area contributed by atoms with Crippen molar-refractivity contribution in [2.45, 2.75) is 30.9 Å². The number of benzene rings is 2. The zero-order valence-electron chi connectivity index (χ0n) is 21.8. The minimum atomic E-state index is -3.74. The molecule has 0 bridgehead atoms. The molecule has 1 amide bonds. The lowest BCUT2D eigenvalue weighted by Crippen LogP contribution is -2.50. The third-order valence-corrected chi connectivity index (χ3v) is 8.54. The Bertz CT molecular complexity index is 1380. The average Bonchev–Trinajstić information content (AvgIpc) is 2.94. The van der Waals surface area contributed by atoms with Crippen LogP contribution >= 0.6 is 0 Å². The smallest absolute Gasteiger partial charge is 0.259 e. The van der Waals surface area contributed by atoms with Crippen LogP contribution in [0.25, 0.3) is 12.2 Å². The topological polar surface area (TPSA) is 100 Å². The van der Waals surface area contributed by atoms with E-state index in [0.717, 1.165) is 11.1 Å². The van der Waals surface area contributed by atoms with Crippen LogP contribution in [0.4, 0.5) is 0 Å². The van der Waals surface area contributed by atoms with Crippen LogP contribution in [-0.2, 0) is 10.0 Å². The number of ether oxygens (including phenoxy) is 1. The number of sulfonamides is 1. The van der Waals surface area contributed by atoms with Crippen molar-refractivity contribution >= 4 is 28.1 Å². The maximum absolute atomic E-state index is 13.6. The van der Waals surface area contributed by atoms with Gasteiger partial charge in [-0.2, -0.15) is 4.31 Å². The molecule has 9 heteroatoms. The van der Waals surface area contributed by atoms with E-state index >= 15 is 0 Å². The number of rotatable bonds is 8. The van der Waals surface area contributed by atoms with Crippen LogP contribution in [0, 0.1) is 5.92 Å². The number of amides is 1. The maximum atomic E-state index is 13.6. The molecule has 0 fully saturated rings. The summed E-state index contributed by atoms with van der Waals surface area (Å²) in [5, 5.41) is 9.87. The van der Waals surface area contributed by atoms with Gasteiger partial charge in [-0.3, -0.25) is 4.79 Å². The van der Waals surface area contributed by atoms with Crippen LogP contribution in [0.3, 0.4) is 0 Å². The van der Waals surface area contributed by atoms with Gasteiger partial charge in [0.05, 0.1) is 24.1 Å². The molecule has 8 nitrogen and oxygen atoms in total. The molecule has 1 aliphatic heterocycles. The van der Waals surface area contributed by atoms with Crippen molar-refractivity contribution in [3.05, 3.63) is 89.6 Å². The molecule has 200 valence electrons. The number of hydrogen-bond donors (Lipinski definition) is 1. The van der Waals surface area contributed by atoms with E-state index < -0.39 is 22.2 Å². The van der Waals surface area contributed by atoms with E-state index in [4.69, 9.17) is 4.74 Å². The summed E-state index contributed by atoms with van der Waals surface area (Å²) in [5.41, 5.74) is 2.00. The highest BCUT2D eigenvalue weighted by Gasteiger charge is 2.35. The highest BCUT2D eigenvalue weighted by Crippen LogP contribution is 2.28. The standard InChI is InChI=1S/C29H33N3O5S/c1-21-18-32(22(2)20-33)29(34)26-16-24(15-14-23-10-6-4-7-11-23)17-30-28(26)37-27(21)19-31(3)38(35,36)25-12-8-5-9-13-25/h4-17,21-22,27,33H,18-20H2,1-3H3/b15-14+/t21-,22+,27-/m1/s1. The molecule has 1 N–H and O–H groups in total. The van der Waals surface area contributed by atoms with E-state index in [1.165, 1.54) is 11.4 Å². The summed E-state index contributed by atoms with van der Waals surface area (Å²) >= 11 is 0. The predicted molar refractivity (Wildman–Crippen MR) is 147 cm³/mol. The molecule has 38 heavy (non-hydrogen) atoms. The third-order valence-electron chi connectivity index (χ3n) is 6.70. The first-order chi connectivity index (χ1) is 18.2. The van der Waals surface area contributed by atoms with E-state index in [-0.39, 0.29) is 47.9 Å². The lowest BCUT2D eigenvalue weighted by Gasteiger charge is -2.37. The molecule has 3 aromatic rings. The number of aliphatic hydroxyl groups excluding tert-OH is 1. The Hall–Kier alpha value is -3.53. The SMILES string of the molecule is C[C@@H]1CN([C@@H](C)CO)C(=O)c2cc(/C=C/c3ccccc3)cnc2O[C@@H]1CN(C)S(=O)(=O)c1ccccc1. The zero-order valence-corrected chi connectivity index (χ0v) is 22.6. The summed E-state index contributed by atoms with van der Waals surface area (Å²) in [4.78, 5) is 19.9. The van der Waals surface area contributed by atoms with Gasteiger partial charge in [-0.25, -0.2) is 13.4 Å². The van der Waals surface area contributed by atoms with Gasteiger partial charge >= 0.3 is 0 Å². The van der Waals surface area contributed by atoms with Gasteiger partial charge in [0.15, 0.2) is 0 Å². The second-order valence-electron chi connectivity index (χ2n) is 9.59. The Balaban J connectivity index is 1.67. The number of hydrogen-bond acceptors (Lipinski definition) is 6. The van der Waals surface area contributed by atoms with Gasteiger partial charge in [0, 0.05) is 25.7 Å². The highest BCUT2D eigenvalue weighted by atomic mass is 32.2. The molecule has 0 aliphatic carbocycles. The number of carbonyl (C=O) groups excluding carboxylic acids is 1. The quantitative estimate of drug-likeness (QED) is 0.471. The molecular weight excluding hydrogens is 502 g/mol. The Morgan fingerprint density at radius 3 is 2.39 bits per heavy atom. The van der Waals surface area contributed by atoms with Crippen molar-refractivity contribution in [3.8, 4) is 5.88 Å². The minimum Gasteiger partial charge on any atom is -0.472 e. The number of pyridine rings is 1. The first-order valence-corrected chi connectivity index (χ1v) is 14.0. The number of fused-ring (bicyclic) bond motifs is 1. The number of carbonyl (C=O) groups is 1. The zero-order chi connectivity index (χ0) is 27.3. The van der Waals surface area contributed by atoms with Crippen LogP contribution in [-0.4, -0.2) is 72.5 Å². The number of likely N-dealkylation sites (N-methyl/N-ethyl adjacent to an activating group) is 1. The van der Waals surface area contributed by atoms with Crippen molar-refractivity contribution < 1.29 is 23.1 Å². The fraction of sp³-hybridized carbons (Fsp3) is 0.310. The molecule has 0 spiro atoms. The molecule has 0 radical (unpaired) electrons. The van der Waals surface area contributed by atoms with E-state index in [1.807, 2.05) is 49.4 Å². The summed E-state index contributed by atoms with van der Waals surface area (Å²) in [6, 6.07) is 19.3. The molecule has 4 rings (SSSR count). The van der Waals surface area contributed by atoms with Crippen LogP contribution in [0.1, 0.15) is 35.3 Å². The van der Waals surface area contributed by atoms with Crippen molar-refractivity contribution in [3.63, 3.8) is 0 Å². The van der Waals surface area contributed by atoms with Crippen molar-refractivity contribution in [1.29, 1.82) is 0 Å². The second kappa shape index (κ2) is 11.9. The van der Waals surface area contributed by atoms with Gasteiger partial charge in [-0.05, 0) is 36.2 Å². The van der Waals surface area contributed by atoms with Gasteiger partial charge < -0.3 is 14.7 Å². The van der Waals surface area contributed by atoms with E-state index in [1.54, 1.807) is 54.4 Å². The Morgan fingerprint density at radius 2 is 1.74 bits per heavy atom. The molecule has 2 aromatic carbocycles. The van der Waals surface area contributed by atoms with E-state index in [2.05, 4.69) is 4.98 Å². The number of nitrogens with zero attached hydrogens (tertiary/aromatic N) is 3. The first kappa shape index (κ1) is 27.5. The van der Waals surface area contributed by atoms with Crippen LogP contribution in [0.2, 0.25) is 0 Å². The Kier molecular flexibility index (Phi) is 8.61. The van der Waals surface area contributed by atoms with Crippen LogP contribution < -0.4 is 4.74 Å². The number of aliphatic hydroxyl groups is 1. The van der Waals surface area contributed by atoms with Crippen molar-refractivity contribution in [2.75, 3.05) is 26.7 Å². The Morgan fingerprint density at radius 1 is 1.11 bits per heavy atom. The van der Waals surface area contributed by atoms with Crippen LogP contribution in [0.15, 0.2) is 77.8 Å². The summed E-state index contributed by atoms with van der Waals surface area (Å²) in [6.45, 7) is 3.82. The highest BCUT2D eigenvalue weighted by molar-refractivity contribution is 7.89. The fourth-order valence-corrected chi connectivity index (χ4v) is 5.51. The minimum absolute atomic E-state index is 0.0602. The fourth-order valence-electron chi connectivity index (χ4n) is 4.31. The molecular formula is C29H33N3O5S. The average molecular weight is 536 g/mol. The van der Waals surface area contributed by atoms with Crippen molar-refractivity contribution in [2.24, 2.45) is 5.92 Å². The molecule has 1 aliphatic rings. The first-order valence-electron chi connectivity index (χ1n) is 12.5. The molecule has 0 unspecified atom stereocenters. The molecule has 0 saturated carbocycles. The number of aromatic nitrogens is 1. The maximum Gasteiger partial charge on any atom is 0.259 e. The van der Waals surface area contributed by atoms with Gasteiger partial charge in [0.2, 0.25) is 15.9 Å². The lowest BCUT2D eigenvalue weighted by molar-refractivity contribution is 0.0373. The van der Waals surface area contributed by atoms with Crippen LogP contribution in [0.5, 0.6) is 5.88 Å². The summed E-state index contributed by atoms with van der Waals surface area (Å²) in [7, 11) is -2.23. The van der Waals surface area contributed by atoms with E-state index in [9.17, 15) is 18.3 Å². The van der Waals surface area contributed by atoms with Gasteiger partial charge in [0.25, 0.3) is 5.91 Å². The van der Waals surface area contributed by atoms with Gasteiger partial charge in [-0.1, -0.05) is 67.6 Å². The predicted octanol–water partition coefficient (Wildman–Crippen LogP) is 3.79. The summed E-state index contributed by atoms with van der Waals surface area (Å²) < 4.78 is 33.8. The molecule has 3 atom stereocenters. The Labute approximate surface area is 224 Å².